The van der Waals surface area contributed by atoms with Crippen LogP contribution >= 0.6 is 15.9 Å². The largest absolute Gasteiger partial charge is 0.468 e. The maximum absolute atomic E-state index is 12.5. The summed E-state index contributed by atoms with van der Waals surface area (Å²) in [5.41, 5.74) is 1.04. The van der Waals surface area contributed by atoms with E-state index >= 15 is 0 Å². The minimum absolute atomic E-state index is 0.106. The van der Waals surface area contributed by atoms with Crippen molar-refractivity contribution in [2.75, 3.05) is 13.7 Å². The van der Waals surface area contributed by atoms with Gasteiger partial charge < -0.3 is 19.0 Å². The molecule has 3 aromatic carbocycles. The average Bonchev–Trinajstić information content (AvgIpc) is 2.97. The molecular weight excluding hydrogens is 596 g/mol. The van der Waals surface area contributed by atoms with Crippen molar-refractivity contribution in [1.29, 1.82) is 0 Å². The number of rotatable bonds is 13. The third kappa shape index (κ3) is 7.57. The molecule has 1 N–H and O–H groups in total. The zero-order chi connectivity index (χ0) is 30.3. The highest BCUT2D eigenvalue weighted by molar-refractivity contribution is 9.10. The lowest BCUT2D eigenvalue weighted by Gasteiger charge is -2.44. The van der Waals surface area contributed by atoms with Gasteiger partial charge in [0.1, 0.15) is 4.32 Å². The van der Waals surface area contributed by atoms with Gasteiger partial charge in [0.15, 0.2) is 0 Å². The minimum Gasteiger partial charge on any atom is -0.468 e. The second kappa shape index (κ2) is 14.3. The number of aliphatic hydroxyl groups excluding tert-OH is 1. The predicted molar refractivity (Wildman–Crippen MR) is 172 cm³/mol. The molecule has 0 spiro atoms. The van der Waals surface area contributed by atoms with Gasteiger partial charge in [-0.05, 0) is 27.9 Å². The summed E-state index contributed by atoms with van der Waals surface area (Å²) in [6, 6.07) is 31.1. The van der Waals surface area contributed by atoms with Crippen LogP contribution in [0.2, 0.25) is 5.04 Å². The van der Waals surface area contributed by atoms with Crippen molar-refractivity contribution in [1.82, 2.24) is 0 Å². The molecule has 0 saturated heterocycles. The molecule has 0 aromatic heterocycles. The number of aliphatic hydroxyl groups is 1. The third-order valence-corrected chi connectivity index (χ3v) is 13.8. The quantitative estimate of drug-likeness (QED) is 0.139. The van der Waals surface area contributed by atoms with E-state index in [0.29, 0.717) is 13.2 Å². The second-order valence-corrected chi connectivity index (χ2v) is 18.0. The summed E-state index contributed by atoms with van der Waals surface area (Å²) in [6.45, 7) is 13.2. The highest BCUT2D eigenvalue weighted by atomic mass is 79.9. The number of carbonyl (C=O) groups is 1. The standard InChI is InChI=1S/C34H45BrO5Si/c1-25(23-40-41(33(3,4)5,28-19-13-9-14-20-28)29-21-15-10-16-22-29)30(39-24-27-17-11-8-12-18-27)26(2)31(36)34(6,35)32(37)38-7/h8-22,25-26,30-31,36H,23-24H2,1-7H3/t25-,26-,30+,31+,34?/m0/s1. The van der Waals surface area contributed by atoms with Crippen molar-refractivity contribution >= 4 is 40.6 Å². The fourth-order valence-corrected chi connectivity index (χ4v) is 11.0. The van der Waals surface area contributed by atoms with E-state index in [0.717, 1.165) is 5.56 Å². The van der Waals surface area contributed by atoms with Crippen LogP contribution in [0.15, 0.2) is 91.0 Å². The SMILES string of the molecule is COC(=O)C(C)(Br)[C@H](O)[C@@H](C)[C@H](OCc1ccccc1)[C@@H](C)CO[Si](c1ccccc1)(c1ccccc1)C(C)(C)C. The first-order valence-electron chi connectivity index (χ1n) is 14.2. The fraction of sp³-hybridized carbons (Fsp3) is 0.441. The molecule has 5 atom stereocenters. The van der Waals surface area contributed by atoms with Gasteiger partial charge in [0.2, 0.25) is 0 Å². The van der Waals surface area contributed by atoms with Crippen LogP contribution in [0.3, 0.4) is 0 Å². The van der Waals surface area contributed by atoms with Crippen LogP contribution in [0.4, 0.5) is 0 Å². The van der Waals surface area contributed by atoms with E-state index in [1.165, 1.54) is 17.5 Å². The molecule has 0 fully saturated rings. The van der Waals surface area contributed by atoms with Crippen LogP contribution in [-0.2, 0) is 25.3 Å². The minimum atomic E-state index is -2.77. The Morgan fingerprint density at radius 3 is 1.76 bits per heavy atom. The Kier molecular flexibility index (Phi) is 11.5. The number of alkyl halides is 1. The maximum Gasteiger partial charge on any atom is 0.325 e. The monoisotopic (exact) mass is 640 g/mol. The Bertz CT molecular complexity index is 1170. The normalized spacial score (nSPS) is 16.7. The van der Waals surface area contributed by atoms with E-state index < -0.39 is 36.7 Å². The Balaban J connectivity index is 1.98. The van der Waals surface area contributed by atoms with Gasteiger partial charge in [-0.1, -0.05) is 142 Å². The third-order valence-electron chi connectivity index (χ3n) is 7.98. The molecule has 1 unspecified atom stereocenters. The number of carbonyl (C=O) groups excluding carboxylic acids is 1. The van der Waals surface area contributed by atoms with Gasteiger partial charge in [0, 0.05) is 18.4 Å². The first-order valence-corrected chi connectivity index (χ1v) is 16.9. The van der Waals surface area contributed by atoms with Crippen LogP contribution in [0.1, 0.15) is 47.1 Å². The summed E-state index contributed by atoms with van der Waals surface area (Å²) < 4.78 is 17.5. The second-order valence-electron chi connectivity index (χ2n) is 12.1. The summed E-state index contributed by atoms with van der Waals surface area (Å²) in [5, 5.41) is 13.7. The van der Waals surface area contributed by atoms with Gasteiger partial charge in [-0.25, -0.2) is 0 Å². The number of hydrogen-bond donors (Lipinski definition) is 1. The molecule has 3 aromatic rings. The van der Waals surface area contributed by atoms with Gasteiger partial charge in [-0.3, -0.25) is 4.79 Å². The smallest absolute Gasteiger partial charge is 0.325 e. The van der Waals surface area contributed by atoms with E-state index in [1.807, 2.05) is 49.4 Å². The van der Waals surface area contributed by atoms with Crippen LogP contribution < -0.4 is 10.4 Å². The van der Waals surface area contributed by atoms with Crippen LogP contribution in [-0.4, -0.2) is 49.6 Å². The molecule has 41 heavy (non-hydrogen) atoms. The Morgan fingerprint density at radius 2 is 1.32 bits per heavy atom. The highest BCUT2D eigenvalue weighted by Gasteiger charge is 2.51. The first-order chi connectivity index (χ1) is 19.4. The van der Waals surface area contributed by atoms with Crippen molar-refractivity contribution in [2.24, 2.45) is 11.8 Å². The highest BCUT2D eigenvalue weighted by Crippen LogP contribution is 2.38. The molecule has 0 saturated carbocycles. The van der Waals surface area contributed by atoms with Crippen molar-refractivity contribution in [3.05, 3.63) is 96.6 Å². The van der Waals surface area contributed by atoms with Crippen molar-refractivity contribution in [3.63, 3.8) is 0 Å². The first kappa shape index (κ1) is 33.2. The molecule has 0 aliphatic carbocycles. The number of methoxy groups -OCH3 is 1. The molecule has 0 amide bonds. The summed E-state index contributed by atoms with van der Waals surface area (Å²) >= 11 is 3.44. The molecule has 5 nitrogen and oxygen atoms in total. The summed E-state index contributed by atoms with van der Waals surface area (Å²) in [6.07, 6.45) is -1.48. The van der Waals surface area contributed by atoms with E-state index in [1.54, 1.807) is 6.92 Å². The topological polar surface area (TPSA) is 65.0 Å². The zero-order valence-corrected chi connectivity index (χ0v) is 27.9. The lowest BCUT2D eigenvalue weighted by molar-refractivity contribution is -0.149. The molecule has 0 bridgehead atoms. The molecule has 3 rings (SSSR count). The molecule has 7 heteroatoms. The zero-order valence-electron chi connectivity index (χ0n) is 25.3. The van der Waals surface area contributed by atoms with E-state index in [4.69, 9.17) is 13.9 Å². The summed E-state index contributed by atoms with van der Waals surface area (Å²) in [7, 11) is -1.45. The van der Waals surface area contributed by atoms with E-state index in [2.05, 4.69) is 92.2 Å². The Hall–Kier alpha value is -2.29. The van der Waals surface area contributed by atoms with Gasteiger partial charge in [-0.15, -0.1) is 0 Å². The van der Waals surface area contributed by atoms with Crippen molar-refractivity contribution in [2.45, 2.75) is 69.7 Å². The summed E-state index contributed by atoms with van der Waals surface area (Å²) in [5.74, 6) is -1.05. The molecular formula is C34H45BrO5Si. The number of benzene rings is 3. The predicted octanol–water partition coefficient (Wildman–Crippen LogP) is 6.11. The lowest BCUT2D eigenvalue weighted by Crippen LogP contribution is -2.67. The number of ether oxygens (including phenoxy) is 2. The van der Waals surface area contributed by atoms with Gasteiger partial charge in [-0.2, -0.15) is 0 Å². The van der Waals surface area contributed by atoms with Crippen LogP contribution in [0.25, 0.3) is 0 Å². The number of hydrogen-bond acceptors (Lipinski definition) is 5. The maximum atomic E-state index is 12.5. The summed E-state index contributed by atoms with van der Waals surface area (Å²) in [4.78, 5) is 12.5. The molecule has 222 valence electrons. The molecule has 0 aliphatic heterocycles. The molecule has 0 radical (unpaired) electrons. The lowest BCUT2D eigenvalue weighted by atomic mass is 9.84. The fourth-order valence-electron chi connectivity index (χ4n) is 5.71. The van der Waals surface area contributed by atoms with Gasteiger partial charge >= 0.3 is 5.97 Å². The van der Waals surface area contributed by atoms with Gasteiger partial charge in [0.05, 0.1) is 25.9 Å². The van der Waals surface area contributed by atoms with Gasteiger partial charge in [0.25, 0.3) is 8.32 Å². The van der Waals surface area contributed by atoms with Crippen molar-refractivity contribution < 1.29 is 23.8 Å². The average molecular weight is 642 g/mol. The Morgan fingerprint density at radius 1 is 0.854 bits per heavy atom. The molecule has 0 aliphatic rings. The number of halogens is 1. The van der Waals surface area contributed by atoms with E-state index in [-0.39, 0.29) is 11.0 Å². The Labute approximate surface area is 255 Å². The number of esters is 1. The van der Waals surface area contributed by atoms with E-state index in [9.17, 15) is 9.90 Å². The van der Waals surface area contributed by atoms with Crippen LogP contribution in [0, 0.1) is 11.8 Å². The van der Waals surface area contributed by atoms with Crippen LogP contribution in [0.5, 0.6) is 0 Å². The van der Waals surface area contributed by atoms with Crippen molar-refractivity contribution in [3.8, 4) is 0 Å². The molecule has 0 heterocycles.